The van der Waals surface area contributed by atoms with Crippen LogP contribution in [-0.2, 0) is 0 Å². The van der Waals surface area contributed by atoms with E-state index >= 15 is 0 Å². The average Bonchev–Trinajstić information content (AvgIpc) is 2.85. The zero-order chi connectivity index (χ0) is 12.6. The average molecular weight is 271 g/mol. The molecule has 0 spiro atoms. The Morgan fingerprint density at radius 2 is 2.00 bits per heavy atom. The number of nitrogens with zero attached hydrogens (tertiary/aromatic N) is 1. The summed E-state index contributed by atoms with van der Waals surface area (Å²) in [6, 6.07) is 4.95. The molecule has 2 aromatic rings. The van der Waals surface area contributed by atoms with Gasteiger partial charge in [0.05, 0.1) is 21.6 Å². The number of anilines is 2. The Morgan fingerprint density at radius 3 is 2.79 bits per heavy atom. The topological polar surface area (TPSA) is 50.9 Å². The van der Waals surface area contributed by atoms with Crippen LogP contribution in [0.2, 0.25) is 0 Å². The number of nitrogen functional groups attached to an aromatic ring is 1. The number of hydrogen-bond donors (Lipinski definition) is 2. The van der Waals surface area contributed by atoms with Crippen molar-refractivity contribution >= 4 is 32.9 Å². The van der Waals surface area contributed by atoms with E-state index in [0.29, 0.717) is 6.04 Å². The highest BCUT2D eigenvalue weighted by Crippen LogP contribution is 2.66. The van der Waals surface area contributed by atoms with Gasteiger partial charge >= 0.3 is 0 Å². The first kappa shape index (κ1) is 10.5. The highest BCUT2D eigenvalue weighted by Gasteiger charge is 2.65. The van der Waals surface area contributed by atoms with Gasteiger partial charge in [-0.2, -0.15) is 0 Å². The van der Waals surface area contributed by atoms with Gasteiger partial charge in [0.15, 0.2) is 0 Å². The van der Waals surface area contributed by atoms with Crippen molar-refractivity contribution in [2.75, 3.05) is 11.1 Å². The van der Waals surface area contributed by atoms with Crippen LogP contribution in [0.3, 0.4) is 0 Å². The molecule has 0 aliphatic heterocycles. The Bertz CT molecular complexity index is 648. The molecule has 0 amide bonds. The van der Waals surface area contributed by atoms with Crippen LogP contribution < -0.4 is 11.1 Å². The van der Waals surface area contributed by atoms with E-state index in [4.69, 9.17) is 5.73 Å². The second-order valence-electron chi connectivity index (χ2n) is 6.38. The smallest absolute Gasteiger partial charge is 0.106 e. The van der Waals surface area contributed by atoms with Crippen LogP contribution in [-0.4, -0.2) is 11.0 Å². The lowest BCUT2D eigenvalue weighted by atomic mass is 10.0. The van der Waals surface area contributed by atoms with E-state index in [1.807, 2.05) is 5.51 Å². The minimum atomic E-state index is 0.685. The predicted molar refractivity (Wildman–Crippen MR) is 79.3 cm³/mol. The van der Waals surface area contributed by atoms with Gasteiger partial charge in [0, 0.05) is 6.04 Å². The van der Waals surface area contributed by atoms with Gasteiger partial charge in [0.2, 0.25) is 0 Å². The highest BCUT2D eigenvalue weighted by molar-refractivity contribution is 7.16. The Balaban J connectivity index is 1.46. The Labute approximate surface area is 116 Å². The Morgan fingerprint density at radius 1 is 1.21 bits per heavy atom. The van der Waals surface area contributed by atoms with E-state index < -0.39 is 0 Å². The fraction of sp³-hybridized carbons (Fsp3) is 0.533. The number of fused-ring (bicyclic) bond motifs is 6. The van der Waals surface area contributed by atoms with Gasteiger partial charge in [-0.15, -0.1) is 11.3 Å². The second-order valence-corrected chi connectivity index (χ2v) is 7.27. The van der Waals surface area contributed by atoms with Gasteiger partial charge < -0.3 is 11.1 Å². The number of rotatable bonds is 2. The van der Waals surface area contributed by atoms with Crippen molar-refractivity contribution in [3.63, 3.8) is 0 Å². The van der Waals surface area contributed by atoms with Crippen LogP contribution in [0.25, 0.3) is 10.2 Å². The second kappa shape index (κ2) is 3.42. The van der Waals surface area contributed by atoms with Gasteiger partial charge in [0.1, 0.15) is 5.52 Å². The van der Waals surface area contributed by atoms with Crippen molar-refractivity contribution in [1.29, 1.82) is 0 Å². The fourth-order valence-corrected chi connectivity index (χ4v) is 5.47. The van der Waals surface area contributed by atoms with Gasteiger partial charge in [-0.1, -0.05) is 0 Å². The molecule has 3 N–H and O–H groups in total. The molecule has 3 nitrogen and oxygen atoms in total. The Kier molecular flexibility index (Phi) is 1.89. The molecular formula is C15H17N3S. The normalized spacial score (nSPS) is 38.6. The molecule has 4 atom stereocenters. The SMILES string of the molecule is Nc1c(NC2C3C4CCC(C4)C23)ccc2scnc12. The molecule has 0 saturated heterocycles. The first-order valence-electron chi connectivity index (χ1n) is 7.21. The van der Waals surface area contributed by atoms with Crippen molar-refractivity contribution in [3.8, 4) is 0 Å². The van der Waals surface area contributed by atoms with E-state index in [2.05, 4.69) is 22.4 Å². The van der Waals surface area contributed by atoms with Gasteiger partial charge in [0.25, 0.3) is 0 Å². The lowest BCUT2D eigenvalue weighted by molar-refractivity contribution is 0.456. The number of hydrogen-bond acceptors (Lipinski definition) is 4. The van der Waals surface area contributed by atoms with E-state index in [0.717, 1.165) is 40.6 Å². The van der Waals surface area contributed by atoms with Crippen molar-refractivity contribution < 1.29 is 0 Å². The van der Waals surface area contributed by atoms with Crippen molar-refractivity contribution in [2.24, 2.45) is 23.7 Å². The summed E-state index contributed by atoms with van der Waals surface area (Å²) in [5.74, 6) is 3.86. The van der Waals surface area contributed by atoms with E-state index in [1.54, 1.807) is 11.3 Å². The summed E-state index contributed by atoms with van der Waals surface area (Å²) in [6.45, 7) is 0. The molecule has 3 aliphatic rings. The molecule has 98 valence electrons. The molecule has 4 heteroatoms. The van der Waals surface area contributed by atoms with Crippen molar-refractivity contribution in [2.45, 2.75) is 25.3 Å². The zero-order valence-corrected chi connectivity index (χ0v) is 11.5. The molecule has 0 radical (unpaired) electrons. The standard InChI is InChI=1S/C15H17N3S/c16-13-9(3-4-10-14(13)17-6-19-10)18-15-11-7-1-2-8(5-7)12(11)15/h3-4,6-8,11-12,15,18H,1-2,5,16H2. The summed E-state index contributed by atoms with van der Waals surface area (Å²) in [5, 5.41) is 3.71. The molecule has 3 saturated carbocycles. The predicted octanol–water partition coefficient (Wildman–Crippen LogP) is 3.33. The third-order valence-corrected chi connectivity index (χ3v) is 6.39. The van der Waals surface area contributed by atoms with Crippen molar-refractivity contribution in [1.82, 2.24) is 4.98 Å². The number of benzene rings is 1. The molecule has 3 aliphatic carbocycles. The third kappa shape index (κ3) is 1.30. The summed E-state index contributed by atoms with van der Waals surface area (Å²) in [6.07, 6.45) is 4.42. The van der Waals surface area contributed by atoms with Gasteiger partial charge in [-0.05, 0) is 55.1 Å². The summed E-state index contributed by atoms with van der Waals surface area (Å²) in [7, 11) is 0. The summed E-state index contributed by atoms with van der Waals surface area (Å²) in [5.41, 5.74) is 11.0. The fourth-order valence-electron chi connectivity index (χ4n) is 4.78. The molecular weight excluding hydrogens is 254 g/mol. The number of aromatic nitrogens is 1. The van der Waals surface area contributed by atoms with Crippen LogP contribution in [0.5, 0.6) is 0 Å². The molecule has 1 aromatic carbocycles. The first-order chi connectivity index (χ1) is 9.33. The summed E-state index contributed by atoms with van der Waals surface area (Å²) in [4.78, 5) is 4.37. The first-order valence-corrected chi connectivity index (χ1v) is 8.09. The van der Waals surface area contributed by atoms with Crippen molar-refractivity contribution in [3.05, 3.63) is 17.6 Å². The van der Waals surface area contributed by atoms with Gasteiger partial charge in [-0.3, -0.25) is 0 Å². The van der Waals surface area contributed by atoms with Crippen LogP contribution in [0, 0.1) is 23.7 Å². The lowest BCUT2D eigenvalue weighted by Gasteiger charge is -2.13. The quantitative estimate of drug-likeness (QED) is 0.824. The van der Waals surface area contributed by atoms with Crippen LogP contribution >= 0.6 is 11.3 Å². The molecule has 1 heterocycles. The van der Waals surface area contributed by atoms with E-state index in [-0.39, 0.29) is 0 Å². The molecule has 5 rings (SSSR count). The molecule has 2 bridgehead atoms. The molecule has 3 fully saturated rings. The summed E-state index contributed by atoms with van der Waals surface area (Å²) < 4.78 is 1.18. The number of nitrogens with two attached hydrogens (primary N) is 1. The minimum Gasteiger partial charge on any atom is -0.395 e. The lowest BCUT2D eigenvalue weighted by Crippen LogP contribution is -2.13. The molecule has 19 heavy (non-hydrogen) atoms. The largest absolute Gasteiger partial charge is 0.395 e. The maximum atomic E-state index is 6.26. The van der Waals surface area contributed by atoms with Crippen LogP contribution in [0.4, 0.5) is 11.4 Å². The zero-order valence-electron chi connectivity index (χ0n) is 10.7. The molecule has 1 aromatic heterocycles. The molecule has 4 unspecified atom stereocenters. The monoisotopic (exact) mass is 271 g/mol. The number of thiazole rings is 1. The van der Waals surface area contributed by atoms with Gasteiger partial charge in [-0.25, -0.2) is 4.98 Å². The summed E-state index contributed by atoms with van der Waals surface area (Å²) >= 11 is 1.65. The minimum absolute atomic E-state index is 0.685. The Hall–Kier alpha value is -1.29. The third-order valence-electron chi connectivity index (χ3n) is 5.60. The van der Waals surface area contributed by atoms with Crippen LogP contribution in [0.15, 0.2) is 17.6 Å². The number of nitrogens with one attached hydrogen (secondary N) is 1. The van der Waals surface area contributed by atoms with Crippen LogP contribution in [0.1, 0.15) is 19.3 Å². The maximum absolute atomic E-state index is 6.26. The van der Waals surface area contributed by atoms with E-state index in [1.165, 1.54) is 24.0 Å². The van der Waals surface area contributed by atoms with E-state index in [9.17, 15) is 0 Å². The maximum Gasteiger partial charge on any atom is 0.106 e. The highest BCUT2D eigenvalue weighted by atomic mass is 32.1.